The van der Waals surface area contributed by atoms with E-state index in [4.69, 9.17) is 9.72 Å². The molecule has 32 heavy (non-hydrogen) atoms. The minimum absolute atomic E-state index is 0.0144. The number of ether oxygens (including phenoxy) is 1. The number of para-hydroxylation sites is 1. The zero-order valence-electron chi connectivity index (χ0n) is 18.4. The van der Waals surface area contributed by atoms with Crippen molar-refractivity contribution in [2.45, 2.75) is 31.6 Å². The number of nitrogens with one attached hydrogen (secondary N) is 1. The van der Waals surface area contributed by atoms with E-state index in [-0.39, 0.29) is 5.56 Å². The van der Waals surface area contributed by atoms with Crippen LogP contribution in [0.1, 0.15) is 37.2 Å². The maximum Gasteiger partial charge on any atom is 0.274 e. The van der Waals surface area contributed by atoms with Gasteiger partial charge in [0.05, 0.1) is 18.7 Å². The van der Waals surface area contributed by atoms with E-state index in [0.29, 0.717) is 11.4 Å². The molecule has 0 spiro atoms. The second-order valence-electron chi connectivity index (χ2n) is 9.08. The zero-order chi connectivity index (χ0) is 21.7. The monoisotopic (exact) mass is 428 g/mol. The van der Waals surface area contributed by atoms with Crippen molar-refractivity contribution in [2.75, 3.05) is 31.2 Å². The van der Waals surface area contributed by atoms with Crippen LogP contribution in [0, 0.1) is 0 Å². The van der Waals surface area contributed by atoms with Gasteiger partial charge < -0.3 is 19.2 Å². The molecule has 6 nitrogen and oxygen atoms in total. The van der Waals surface area contributed by atoms with Crippen molar-refractivity contribution < 1.29 is 4.74 Å². The van der Waals surface area contributed by atoms with E-state index < -0.39 is 0 Å². The fraction of sp³-hybridized carbons (Fsp3) is 0.385. The smallest absolute Gasteiger partial charge is 0.274 e. The molecule has 164 valence electrons. The molecular formula is C26H28N4O2. The van der Waals surface area contributed by atoms with Gasteiger partial charge in [0.2, 0.25) is 0 Å². The van der Waals surface area contributed by atoms with Gasteiger partial charge in [-0.15, -0.1) is 0 Å². The van der Waals surface area contributed by atoms with Gasteiger partial charge in [-0.25, -0.2) is 4.98 Å². The lowest BCUT2D eigenvalue weighted by molar-refractivity contribution is 0.122. The van der Waals surface area contributed by atoms with Gasteiger partial charge in [0, 0.05) is 54.4 Å². The Morgan fingerprint density at radius 1 is 1.09 bits per heavy atom. The van der Waals surface area contributed by atoms with E-state index in [2.05, 4.69) is 34.1 Å². The molecule has 1 aromatic carbocycles. The fourth-order valence-corrected chi connectivity index (χ4v) is 5.47. The molecule has 6 heteroatoms. The van der Waals surface area contributed by atoms with Crippen LogP contribution in [-0.4, -0.2) is 40.8 Å². The molecule has 0 amide bonds. The number of aromatic nitrogens is 3. The van der Waals surface area contributed by atoms with Crippen LogP contribution in [0.4, 0.5) is 5.82 Å². The Hall–Kier alpha value is -3.12. The number of morpholine rings is 1. The zero-order valence-corrected chi connectivity index (χ0v) is 18.4. The molecule has 0 unspecified atom stereocenters. The number of nitrogens with zero attached hydrogens (tertiary/aromatic N) is 3. The van der Waals surface area contributed by atoms with Gasteiger partial charge in [-0.05, 0) is 36.5 Å². The Kier molecular flexibility index (Phi) is 4.76. The summed E-state index contributed by atoms with van der Waals surface area (Å²) in [4.78, 5) is 23.4. The highest BCUT2D eigenvalue weighted by Crippen LogP contribution is 2.41. The molecular weight excluding hydrogens is 400 g/mol. The van der Waals surface area contributed by atoms with E-state index in [9.17, 15) is 4.79 Å². The minimum Gasteiger partial charge on any atom is -0.378 e. The van der Waals surface area contributed by atoms with Gasteiger partial charge in [-0.2, -0.15) is 0 Å². The number of hydrogen-bond acceptors (Lipinski definition) is 4. The summed E-state index contributed by atoms with van der Waals surface area (Å²) in [5.41, 5.74) is 5.11. The summed E-state index contributed by atoms with van der Waals surface area (Å²) in [6.45, 7) is 3.25. The van der Waals surface area contributed by atoms with Crippen LogP contribution in [0.5, 0.6) is 0 Å². The van der Waals surface area contributed by atoms with Crippen molar-refractivity contribution in [2.24, 2.45) is 7.05 Å². The molecule has 1 aliphatic heterocycles. The number of rotatable bonds is 3. The molecule has 4 aromatic rings. The lowest BCUT2D eigenvalue weighted by Crippen LogP contribution is -2.37. The first kappa shape index (κ1) is 19.6. The van der Waals surface area contributed by atoms with Crippen LogP contribution >= 0.6 is 0 Å². The van der Waals surface area contributed by atoms with E-state index >= 15 is 0 Å². The molecule has 0 atom stereocenters. The molecule has 1 saturated carbocycles. The lowest BCUT2D eigenvalue weighted by atomic mass is 9.94. The number of pyridine rings is 2. The van der Waals surface area contributed by atoms with Gasteiger partial charge in [0.1, 0.15) is 11.3 Å². The summed E-state index contributed by atoms with van der Waals surface area (Å²) in [6, 6.07) is 10.8. The quantitative estimate of drug-likeness (QED) is 0.519. The van der Waals surface area contributed by atoms with Crippen molar-refractivity contribution >= 4 is 27.6 Å². The normalized spacial score (nSPS) is 17.6. The van der Waals surface area contributed by atoms with Gasteiger partial charge in [-0.1, -0.05) is 31.0 Å². The summed E-state index contributed by atoms with van der Waals surface area (Å²) < 4.78 is 7.28. The maximum absolute atomic E-state index is 12.6. The number of hydrogen-bond donors (Lipinski definition) is 1. The minimum atomic E-state index is -0.0144. The first-order valence-corrected chi connectivity index (χ1v) is 11.6. The fourth-order valence-electron chi connectivity index (χ4n) is 5.47. The molecule has 2 aliphatic rings. The Balaban J connectivity index is 1.60. The molecule has 4 heterocycles. The highest BCUT2D eigenvalue weighted by Gasteiger charge is 2.26. The molecule has 0 radical (unpaired) electrons. The summed E-state index contributed by atoms with van der Waals surface area (Å²) in [6.07, 6.45) is 8.87. The largest absolute Gasteiger partial charge is 0.378 e. The molecule has 1 N–H and O–H groups in total. The SMILES string of the molecule is Cn1cc(-c2cccc3cc(C4CCCC4)c(N4CCOCC4)nc23)c2cc[nH]c2c1=O. The molecule has 6 rings (SSSR count). The van der Waals surface area contributed by atoms with E-state index in [1.807, 2.05) is 25.5 Å². The van der Waals surface area contributed by atoms with E-state index in [1.54, 1.807) is 4.57 Å². The first-order valence-electron chi connectivity index (χ1n) is 11.6. The summed E-state index contributed by atoms with van der Waals surface area (Å²) in [5, 5.41) is 2.11. The van der Waals surface area contributed by atoms with Crippen molar-refractivity contribution in [3.05, 3.63) is 58.6 Å². The van der Waals surface area contributed by atoms with Crippen molar-refractivity contribution in [1.29, 1.82) is 0 Å². The van der Waals surface area contributed by atoms with Gasteiger partial charge in [0.25, 0.3) is 5.56 Å². The van der Waals surface area contributed by atoms with Crippen molar-refractivity contribution in [3.63, 3.8) is 0 Å². The average Bonchev–Trinajstić information content (AvgIpc) is 3.54. The molecule has 1 aliphatic carbocycles. The van der Waals surface area contributed by atoms with Crippen LogP contribution in [0.2, 0.25) is 0 Å². The predicted molar refractivity (Wildman–Crippen MR) is 129 cm³/mol. The van der Waals surface area contributed by atoms with Crippen LogP contribution in [-0.2, 0) is 11.8 Å². The summed E-state index contributed by atoms with van der Waals surface area (Å²) in [7, 11) is 1.81. The van der Waals surface area contributed by atoms with Crippen LogP contribution in [0.25, 0.3) is 32.9 Å². The topological polar surface area (TPSA) is 63.1 Å². The van der Waals surface area contributed by atoms with Crippen LogP contribution in [0.15, 0.2) is 47.5 Å². The lowest BCUT2D eigenvalue weighted by Gasteiger charge is -2.31. The van der Waals surface area contributed by atoms with Gasteiger partial charge >= 0.3 is 0 Å². The Labute approximate surface area is 186 Å². The number of aromatic amines is 1. The highest BCUT2D eigenvalue weighted by atomic mass is 16.5. The molecule has 2 fully saturated rings. The number of fused-ring (bicyclic) bond motifs is 2. The standard InChI is InChI=1S/C26H28N4O2/c1-29-16-22(20-9-10-27-24(20)26(29)31)19-8-4-7-18-15-21(17-5-2-3-6-17)25(28-23(18)19)30-11-13-32-14-12-30/h4,7-10,15-17,27H,2-3,5-6,11-14H2,1H3. The third-order valence-corrected chi connectivity index (χ3v) is 7.14. The van der Waals surface area contributed by atoms with Crippen molar-refractivity contribution in [1.82, 2.24) is 14.5 Å². The Morgan fingerprint density at radius 2 is 1.91 bits per heavy atom. The summed E-state index contributed by atoms with van der Waals surface area (Å²) in [5.74, 6) is 1.71. The Bertz CT molecular complexity index is 1360. The second kappa shape index (κ2) is 7.78. The molecule has 3 aromatic heterocycles. The maximum atomic E-state index is 12.6. The van der Waals surface area contributed by atoms with Crippen molar-refractivity contribution in [3.8, 4) is 11.1 Å². The highest BCUT2D eigenvalue weighted by molar-refractivity contribution is 6.03. The number of benzene rings is 1. The predicted octanol–water partition coefficient (Wildman–Crippen LogP) is 4.58. The average molecular weight is 429 g/mol. The third-order valence-electron chi connectivity index (χ3n) is 7.14. The number of anilines is 1. The molecule has 1 saturated heterocycles. The first-order chi connectivity index (χ1) is 15.7. The van der Waals surface area contributed by atoms with Gasteiger partial charge in [0.15, 0.2) is 0 Å². The van der Waals surface area contributed by atoms with Crippen LogP contribution < -0.4 is 10.5 Å². The van der Waals surface area contributed by atoms with E-state index in [0.717, 1.165) is 54.2 Å². The second-order valence-corrected chi connectivity index (χ2v) is 9.08. The molecule has 0 bridgehead atoms. The third kappa shape index (κ3) is 3.13. The van der Waals surface area contributed by atoms with Crippen LogP contribution in [0.3, 0.4) is 0 Å². The van der Waals surface area contributed by atoms with Gasteiger partial charge in [-0.3, -0.25) is 4.79 Å². The summed E-state index contributed by atoms with van der Waals surface area (Å²) >= 11 is 0. The number of aryl methyl sites for hydroxylation is 1. The Morgan fingerprint density at radius 3 is 2.72 bits per heavy atom. The van der Waals surface area contributed by atoms with E-state index in [1.165, 1.54) is 36.6 Å². The number of H-pyrrole nitrogens is 1.